The van der Waals surface area contributed by atoms with Crippen molar-refractivity contribution in [2.24, 2.45) is 0 Å². The van der Waals surface area contributed by atoms with Crippen molar-refractivity contribution in [2.45, 2.75) is 13.0 Å². The van der Waals surface area contributed by atoms with Crippen LogP contribution in [0.5, 0.6) is 0 Å². The maximum Gasteiger partial charge on any atom is 0.0702 e. The van der Waals surface area contributed by atoms with Gasteiger partial charge in [-0.2, -0.15) is 5.26 Å². The highest BCUT2D eigenvalue weighted by Crippen LogP contribution is 2.21. The Morgan fingerprint density at radius 2 is 2.21 bits per heavy atom. The maximum absolute atomic E-state index is 9.09. The first-order valence-electron chi connectivity index (χ1n) is 4.42. The molecule has 0 aliphatic rings. The average molecular weight is 186 g/mol. The third-order valence-corrected chi connectivity index (χ3v) is 2.33. The molecular weight excluding hydrogens is 176 g/mol. The van der Waals surface area contributed by atoms with Crippen molar-refractivity contribution >= 4 is 10.9 Å². The maximum atomic E-state index is 9.09. The van der Waals surface area contributed by atoms with E-state index in [1.165, 1.54) is 0 Å². The molecule has 3 nitrogen and oxygen atoms in total. The molecule has 0 radical (unpaired) electrons. The van der Waals surface area contributed by atoms with E-state index in [1.807, 2.05) is 24.4 Å². The fourth-order valence-corrected chi connectivity index (χ4v) is 1.64. The number of aromatic amines is 1. The molecule has 1 aromatic heterocycles. The summed E-state index contributed by atoms with van der Waals surface area (Å²) in [5.74, 6) is 0. The third kappa shape index (κ3) is 1.26. The van der Waals surface area contributed by atoms with E-state index in [-0.39, 0.29) is 6.61 Å². The Bertz CT molecular complexity index is 493. The Morgan fingerprint density at radius 3 is 2.93 bits per heavy atom. The van der Waals surface area contributed by atoms with E-state index in [4.69, 9.17) is 10.4 Å². The molecule has 0 saturated heterocycles. The highest BCUT2D eigenvalue weighted by molar-refractivity contribution is 5.86. The Balaban J connectivity index is 2.64. The smallest absolute Gasteiger partial charge is 0.0702 e. The van der Waals surface area contributed by atoms with E-state index in [2.05, 4.69) is 11.1 Å². The largest absolute Gasteiger partial charge is 0.392 e. The van der Waals surface area contributed by atoms with Gasteiger partial charge < -0.3 is 10.1 Å². The van der Waals surface area contributed by atoms with Crippen LogP contribution in [-0.2, 0) is 13.0 Å². The number of aromatic nitrogens is 1. The van der Waals surface area contributed by atoms with Crippen LogP contribution in [0.15, 0.2) is 24.4 Å². The van der Waals surface area contributed by atoms with Crippen LogP contribution in [0.3, 0.4) is 0 Å². The van der Waals surface area contributed by atoms with E-state index in [9.17, 15) is 0 Å². The molecule has 2 N–H and O–H groups in total. The van der Waals surface area contributed by atoms with Gasteiger partial charge in [0.05, 0.1) is 24.6 Å². The average Bonchev–Trinajstić information content (AvgIpc) is 2.62. The molecule has 14 heavy (non-hydrogen) atoms. The van der Waals surface area contributed by atoms with E-state index in [1.54, 1.807) is 0 Å². The lowest BCUT2D eigenvalue weighted by Gasteiger charge is -1.98. The van der Waals surface area contributed by atoms with Gasteiger partial charge in [0, 0.05) is 17.1 Å². The molecule has 0 spiro atoms. The molecule has 1 heterocycles. The van der Waals surface area contributed by atoms with Crippen molar-refractivity contribution in [1.29, 1.82) is 5.26 Å². The minimum atomic E-state index is 0.0177. The van der Waals surface area contributed by atoms with Crippen molar-refractivity contribution < 1.29 is 5.11 Å². The molecule has 3 heteroatoms. The first-order chi connectivity index (χ1) is 6.86. The van der Waals surface area contributed by atoms with Gasteiger partial charge in [-0.15, -0.1) is 0 Å². The van der Waals surface area contributed by atoms with Gasteiger partial charge in [-0.1, -0.05) is 18.2 Å². The minimum Gasteiger partial charge on any atom is -0.392 e. The molecule has 0 bridgehead atoms. The molecule has 2 rings (SSSR count). The number of para-hydroxylation sites is 1. The summed E-state index contributed by atoms with van der Waals surface area (Å²) in [4.78, 5) is 3.08. The van der Waals surface area contributed by atoms with Gasteiger partial charge in [0.25, 0.3) is 0 Å². The summed E-state index contributed by atoms with van der Waals surface area (Å²) in [6.07, 6.45) is 2.22. The standard InChI is InChI=1S/C11H10N2O/c12-5-4-8-6-13-11-9(7-14)2-1-3-10(8)11/h1-3,6,13-14H,4,7H2. The van der Waals surface area contributed by atoms with Gasteiger partial charge in [-0.3, -0.25) is 0 Å². The summed E-state index contributed by atoms with van der Waals surface area (Å²) in [5.41, 5.74) is 2.78. The van der Waals surface area contributed by atoms with Crippen LogP contribution < -0.4 is 0 Å². The van der Waals surface area contributed by atoms with Crippen LogP contribution in [0.1, 0.15) is 11.1 Å². The molecule has 0 atom stereocenters. The topological polar surface area (TPSA) is 59.8 Å². The van der Waals surface area contributed by atoms with Crippen LogP contribution in [0.4, 0.5) is 0 Å². The van der Waals surface area contributed by atoms with E-state index >= 15 is 0 Å². The number of nitrogens with zero attached hydrogens (tertiary/aromatic N) is 1. The summed E-state index contributed by atoms with van der Waals surface area (Å²) in [5, 5.41) is 18.7. The van der Waals surface area contributed by atoms with E-state index in [0.717, 1.165) is 22.0 Å². The number of H-pyrrole nitrogens is 1. The van der Waals surface area contributed by atoms with Crippen LogP contribution in [0.2, 0.25) is 0 Å². The summed E-state index contributed by atoms with van der Waals surface area (Å²) < 4.78 is 0. The second-order valence-corrected chi connectivity index (χ2v) is 3.15. The van der Waals surface area contributed by atoms with Gasteiger partial charge >= 0.3 is 0 Å². The number of aliphatic hydroxyl groups is 1. The second-order valence-electron chi connectivity index (χ2n) is 3.15. The summed E-state index contributed by atoms with van der Waals surface area (Å²) >= 11 is 0. The van der Waals surface area contributed by atoms with Crippen LogP contribution in [0, 0.1) is 11.3 Å². The lowest BCUT2D eigenvalue weighted by Crippen LogP contribution is -1.84. The number of aliphatic hydroxyl groups excluding tert-OH is 1. The molecule has 0 aliphatic carbocycles. The van der Waals surface area contributed by atoms with Crippen molar-refractivity contribution in [3.8, 4) is 6.07 Å². The molecule has 1 aromatic carbocycles. The molecule has 0 saturated carbocycles. The second kappa shape index (κ2) is 3.52. The Morgan fingerprint density at radius 1 is 1.36 bits per heavy atom. The Kier molecular flexibility index (Phi) is 2.21. The van der Waals surface area contributed by atoms with Gasteiger partial charge in [0.1, 0.15) is 0 Å². The van der Waals surface area contributed by atoms with Gasteiger partial charge in [0.2, 0.25) is 0 Å². The quantitative estimate of drug-likeness (QED) is 0.750. The number of nitriles is 1. The number of benzene rings is 1. The number of rotatable bonds is 2. The highest BCUT2D eigenvalue weighted by Gasteiger charge is 2.05. The summed E-state index contributed by atoms with van der Waals surface area (Å²) in [7, 11) is 0. The van der Waals surface area contributed by atoms with Crippen molar-refractivity contribution in [3.05, 3.63) is 35.5 Å². The summed E-state index contributed by atoms with van der Waals surface area (Å²) in [6, 6.07) is 7.83. The lowest BCUT2D eigenvalue weighted by molar-refractivity contribution is 0.283. The first-order valence-corrected chi connectivity index (χ1v) is 4.42. The third-order valence-electron chi connectivity index (χ3n) is 2.33. The fourth-order valence-electron chi connectivity index (χ4n) is 1.64. The molecule has 0 unspecified atom stereocenters. The van der Waals surface area contributed by atoms with Gasteiger partial charge in [-0.05, 0) is 5.56 Å². The van der Waals surface area contributed by atoms with Gasteiger partial charge in [-0.25, -0.2) is 0 Å². The molecule has 2 aromatic rings. The number of fused-ring (bicyclic) bond motifs is 1. The summed E-state index contributed by atoms with van der Waals surface area (Å²) in [6.45, 7) is 0.0177. The molecular formula is C11H10N2O. The Labute approximate surface area is 81.6 Å². The molecule has 70 valence electrons. The monoisotopic (exact) mass is 186 g/mol. The first kappa shape index (κ1) is 8.79. The molecule has 0 aliphatic heterocycles. The van der Waals surface area contributed by atoms with Crippen LogP contribution >= 0.6 is 0 Å². The Hall–Kier alpha value is -1.79. The predicted molar refractivity (Wildman–Crippen MR) is 53.5 cm³/mol. The zero-order chi connectivity index (χ0) is 9.97. The van der Waals surface area contributed by atoms with Gasteiger partial charge in [0.15, 0.2) is 0 Å². The van der Waals surface area contributed by atoms with Crippen molar-refractivity contribution in [3.63, 3.8) is 0 Å². The molecule has 0 fully saturated rings. The SMILES string of the molecule is N#CCc1c[nH]c2c(CO)cccc12. The normalized spacial score (nSPS) is 10.3. The zero-order valence-electron chi connectivity index (χ0n) is 7.62. The van der Waals surface area contributed by atoms with E-state index in [0.29, 0.717) is 6.42 Å². The predicted octanol–water partition coefficient (Wildman–Crippen LogP) is 1.73. The minimum absolute atomic E-state index is 0.0177. The van der Waals surface area contributed by atoms with Crippen LogP contribution in [0.25, 0.3) is 10.9 Å². The van der Waals surface area contributed by atoms with Crippen molar-refractivity contribution in [1.82, 2.24) is 4.98 Å². The molecule has 0 amide bonds. The number of hydrogen-bond acceptors (Lipinski definition) is 2. The van der Waals surface area contributed by atoms with Crippen LogP contribution in [-0.4, -0.2) is 10.1 Å². The van der Waals surface area contributed by atoms with E-state index < -0.39 is 0 Å². The highest BCUT2D eigenvalue weighted by atomic mass is 16.3. The van der Waals surface area contributed by atoms with Crippen molar-refractivity contribution in [2.75, 3.05) is 0 Å². The number of hydrogen-bond donors (Lipinski definition) is 2. The lowest BCUT2D eigenvalue weighted by atomic mass is 10.1. The fraction of sp³-hybridized carbons (Fsp3) is 0.182. The number of nitrogens with one attached hydrogen (secondary N) is 1. The zero-order valence-corrected chi connectivity index (χ0v) is 7.62.